The number of para-hydroxylation sites is 2. The maximum Gasteiger partial charge on any atom is 0.0701 e. The van der Waals surface area contributed by atoms with Crippen LogP contribution in [-0.2, 0) is 5.41 Å². The van der Waals surface area contributed by atoms with Crippen molar-refractivity contribution >= 4 is 54.4 Å². The molecule has 11 aromatic carbocycles. The van der Waals surface area contributed by atoms with Gasteiger partial charge < -0.3 is 9.13 Å². The van der Waals surface area contributed by atoms with Crippen LogP contribution in [0, 0.1) is 0 Å². The average Bonchev–Trinajstić information content (AvgIpc) is 3.92. The van der Waals surface area contributed by atoms with Gasteiger partial charge in [0.1, 0.15) is 0 Å². The molecule has 0 fully saturated rings. The minimum atomic E-state index is -0.597. The molecule has 2 heterocycles. The quantitative estimate of drug-likeness (QED) is 0.135. The summed E-state index contributed by atoms with van der Waals surface area (Å²) in [5.74, 6) is 0. The number of hydrogen-bond donors (Lipinski definition) is 0. The molecule has 2 nitrogen and oxygen atoms in total. The SMILES string of the molecule is c1ccc(-c2cc3ccccc3cc2-n2c3ccc(-c4ccc5c(c4)c4ccccc4n5-c4ccccc4)cc3c3cc(C(c4ccccc4)(c4ccccc4)c4ccccc4)ccc32)cc1. The number of aromatic nitrogens is 2. The Balaban J connectivity index is 1.12. The molecular weight excluding hydrogens is 809 g/mol. The zero-order valence-corrected chi connectivity index (χ0v) is 36.8. The minimum absolute atomic E-state index is 0.597. The van der Waals surface area contributed by atoms with Crippen LogP contribution in [0.1, 0.15) is 22.3 Å². The van der Waals surface area contributed by atoms with Gasteiger partial charge in [0, 0.05) is 32.8 Å². The molecule has 2 aromatic heterocycles. The molecule has 0 spiro atoms. The van der Waals surface area contributed by atoms with E-state index in [9.17, 15) is 0 Å². The largest absolute Gasteiger partial charge is 0.309 e. The molecule has 0 unspecified atom stereocenters. The molecule has 0 bridgehead atoms. The Labute approximate surface area is 389 Å². The molecule has 0 atom stereocenters. The molecule has 0 aliphatic rings. The van der Waals surface area contributed by atoms with Crippen LogP contribution in [0.3, 0.4) is 0 Å². The van der Waals surface area contributed by atoms with Gasteiger partial charge in [-0.15, -0.1) is 0 Å². The maximum atomic E-state index is 2.51. The molecule has 0 radical (unpaired) electrons. The summed E-state index contributed by atoms with van der Waals surface area (Å²) < 4.78 is 4.90. The zero-order chi connectivity index (χ0) is 44.3. The van der Waals surface area contributed by atoms with Gasteiger partial charge in [0.2, 0.25) is 0 Å². The summed E-state index contributed by atoms with van der Waals surface area (Å²) >= 11 is 0. The van der Waals surface area contributed by atoms with Crippen molar-refractivity contribution < 1.29 is 0 Å². The Hall–Kier alpha value is -8.72. The van der Waals surface area contributed by atoms with Gasteiger partial charge in [-0.1, -0.05) is 200 Å². The Bertz CT molecular complexity index is 3850. The highest BCUT2D eigenvalue weighted by molar-refractivity contribution is 6.13. The van der Waals surface area contributed by atoms with E-state index in [1.165, 1.54) is 87.9 Å². The van der Waals surface area contributed by atoms with Gasteiger partial charge in [-0.2, -0.15) is 0 Å². The van der Waals surface area contributed by atoms with Crippen LogP contribution < -0.4 is 0 Å². The normalized spacial score (nSPS) is 11.9. The lowest BCUT2D eigenvalue weighted by Gasteiger charge is -2.37. The van der Waals surface area contributed by atoms with Crippen molar-refractivity contribution in [2.24, 2.45) is 0 Å². The lowest BCUT2D eigenvalue weighted by atomic mass is 9.65. The van der Waals surface area contributed by atoms with Crippen molar-refractivity contribution in [3.05, 3.63) is 289 Å². The smallest absolute Gasteiger partial charge is 0.0701 e. The van der Waals surface area contributed by atoms with Gasteiger partial charge in [0.25, 0.3) is 0 Å². The van der Waals surface area contributed by atoms with E-state index >= 15 is 0 Å². The van der Waals surface area contributed by atoms with Crippen LogP contribution in [0.25, 0.3) is 88.0 Å². The van der Waals surface area contributed by atoms with E-state index in [1.54, 1.807) is 0 Å². The second kappa shape index (κ2) is 15.8. The van der Waals surface area contributed by atoms with Crippen molar-refractivity contribution in [2.45, 2.75) is 5.41 Å². The molecular formula is C65H44N2. The predicted octanol–water partition coefficient (Wildman–Crippen LogP) is 16.8. The monoisotopic (exact) mass is 852 g/mol. The van der Waals surface area contributed by atoms with Crippen LogP contribution in [0.5, 0.6) is 0 Å². The summed E-state index contributed by atoms with van der Waals surface area (Å²) in [6.07, 6.45) is 0. The van der Waals surface area contributed by atoms with Crippen LogP contribution in [0.2, 0.25) is 0 Å². The summed E-state index contributed by atoms with van der Waals surface area (Å²) in [5.41, 5.74) is 16.1. The maximum absolute atomic E-state index is 2.51. The van der Waals surface area contributed by atoms with E-state index in [-0.39, 0.29) is 0 Å². The van der Waals surface area contributed by atoms with Crippen LogP contribution in [-0.4, -0.2) is 9.13 Å². The molecule has 0 amide bonds. The van der Waals surface area contributed by atoms with Gasteiger partial charge in [0.05, 0.1) is 33.2 Å². The standard InChI is InChI=1S/C65H44N2/c1-6-20-45(21-7-1)56-40-46-22-16-17-23-47(46)43-64(56)67-62-38-35-49(48-34-37-61-57(41-48)55-32-18-19-33-60(55)66(61)54-30-14-5-15-31-54)42-58(62)59-44-53(36-39-63(59)67)65(50-24-8-2-9-25-50,51-26-10-3-11-27-51)52-28-12-4-13-29-52/h1-44H. The first kappa shape index (κ1) is 38.7. The van der Waals surface area contributed by atoms with Crippen molar-refractivity contribution in [2.75, 3.05) is 0 Å². The summed E-state index contributed by atoms with van der Waals surface area (Å²) in [7, 11) is 0. The van der Waals surface area contributed by atoms with Gasteiger partial charge in [0.15, 0.2) is 0 Å². The van der Waals surface area contributed by atoms with Crippen LogP contribution in [0.4, 0.5) is 0 Å². The van der Waals surface area contributed by atoms with E-state index in [2.05, 4.69) is 276 Å². The van der Waals surface area contributed by atoms with E-state index in [0.717, 1.165) is 22.4 Å². The molecule has 13 aromatic rings. The lowest BCUT2D eigenvalue weighted by molar-refractivity contribution is 0.746. The summed E-state index contributed by atoms with van der Waals surface area (Å²) in [6, 6.07) is 98.3. The second-order valence-corrected chi connectivity index (χ2v) is 17.6. The number of benzene rings is 11. The van der Waals surface area contributed by atoms with Crippen LogP contribution >= 0.6 is 0 Å². The van der Waals surface area contributed by atoms with Crippen molar-refractivity contribution in [1.29, 1.82) is 0 Å². The second-order valence-electron chi connectivity index (χ2n) is 17.6. The fourth-order valence-corrected chi connectivity index (χ4v) is 11.0. The van der Waals surface area contributed by atoms with E-state index < -0.39 is 5.41 Å². The average molecular weight is 853 g/mol. The number of nitrogens with zero attached hydrogens (tertiary/aromatic N) is 2. The molecule has 2 heteroatoms. The topological polar surface area (TPSA) is 9.86 Å². The third-order valence-corrected chi connectivity index (χ3v) is 14.0. The number of hydrogen-bond acceptors (Lipinski definition) is 0. The molecule has 0 aliphatic heterocycles. The molecule has 0 saturated carbocycles. The molecule has 0 saturated heterocycles. The molecule has 0 N–H and O–H groups in total. The van der Waals surface area contributed by atoms with E-state index in [1.807, 2.05) is 0 Å². The Morgan fingerprint density at radius 1 is 0.254 bits per heavy atom. The lowest BCUT2D eigenvalue weighted by Crippen LogP contribution is -2.30. The van der Waals surface area contributed by atoms with Gasteiger partial charge >= 0.3 is 0 Å². The van der Waals surface area contributed by atoms with Gasteiger partial charge in [-0.3, -0.25) is 0 Å². The summed E-state index contributed by atoms with van der Waals surface area (Å²) in [4.78, 5) is 0. The third-order valence-electron chi connectivity index (χ3n) is 14.0. The Morgan fingerprint density at radius 3 is 1.28 bits per heavy atom. The fraction of sp³-hybridized carbons (Fsp3) is 0.0154. The minimum Gasteiger partial charge on any atom is -0.309 e. The fourth-order valence-electron chi connectivity index (χ4n) is 11.0. The van der Waals surface area contributed by atoms with Gasteiger partial charge in [-0.05, 0) is 116 Å². The molecule has 0 aliphatic carbocycles. The number of fused-ring (bicyclic) bond motifs is 7. The summed E-state index contributed by atoms with van der Waals surface area (Å²) in [6.45, 7) is 0. The number of rotatable bonds is 8. The molecule has 314 valence electrons. The molecule has 67 heavy (non-hydrogen) atoms. The van der Waals surface area contributed by atoms with Crippen molar-refractivity contribution in [1.82, 2.24) is 9.13 Å². The predicted molar refractivity (Wildman–Crippen MR) is 282 cm³/mol. The first-order valence-corrected chi connectivity index (χ1v) is 23.2. The summed E-state index contributed by atoms with van der Waals surface area (Å²) in [5, 5.41) is 7.32. The van der Waals surface area contributed by atoms with E-state index in [4.69, 9.17) is 0 Å². The Kier molecular flexibility index (Phi) is 9.11. The highest BCUT2D eigenvalue weighted by Gasteiger charge is 2.38. The zero-order valence-electron chi connectivity index (χ0n) is 36.8. The van der Waals surface area contributed by atoms with Crippen molar-refractivity contribution in [3.63, 3.8) is 0 Å². The third kappa shape index (κ3) is 6.18. The van der Waals surface area contributed by atoms with Crippen LogP contribution in [0.15, 0.2) is 267 Å². The van der Waals surface area contributed by atoms with Gasteiger partial charge in [-0.25, -0.2) is 0 Å². The van der Waals surface area contributed by atoms with Crippen molar-refractivity contribution in [3.8, 4) is 33.6 Å². The molecule has 13 rings (SSSR count). The first-order chi connectivity index (χ1) is 33.2. The highest BCUT2D eigenvalue weighted by Crippen LogP contribution is 2.48. The highest BCUT2D eigenvalue weighted by atomic mass is 15.0. The van der Waals surface area contributed by atoms with E-state index in [0.29, 0.717) is 0 Å². The first-order valence-electron chi connectivity index (χ1n) is 23.2. The Morgan fingerprint density at radius 2 is 0.687 bits per heavy atom.